The molecule has 0 atom stereocenters. The van der Waals surface area contributed by atoms with Crippen molar-refractivity contribution < 1.29 is 9.53 Å². The summed E-state index contributed by atoms with van der Waals surface area (Å²) < 4.78 is 5.24. The predicted octanol–water partition coefficient (Wildman–Crippen LogP) is 3.17. The van der Waals surface area contributed by atoms with Crippen LogP contribution in [0.4, 0.5) is 5.69 Å². The molecule has 106 valence electrons. The van der Waals surface area contributed by atoms with Gasteiger partial charge in [0.25, 0.3) is 0 Å². The number of anilines is 1. The molecule has 1 heterocycles. The molecule has 1 aromatic heterocycles. The molecule has 0 spiro atoms. The lowest BCUT2D eigenvalue weighted by Gasteiger charge is -2.08. The molecule has 4 heteroatoms. The summed E-state index contributed by atoms with van der Waals surface area (Å²) in [7, 11) is 1.64. The van der Waals surface area contributed by atoms with Gasteiger partial charge in [-0.15, -0.1) is 0 Å². The molecule has 21 heavy (non-hydrogen) atoms. The first kappa shape index (κ1) is 13.2. The Labute approximate surface area is 122 Å². The number of aldehydes is 1. The predicted molar refractivity (Wildman–Crippen MR) is 84.5 cm³/mol. The van der Waals surface area contributed by atoms with Crippen LogP contribution in [0.1, 0.15) is 5.56 Å². The molecular formula is C17H16N2O2. The third-order valence-electron chi connectivity index (χ3n) is 3.58. The fraction of sp³-hybridized carbons (Fsp3) is 0.118. The van der Waals surface area contributed by atoms with Crippen molar-refractivity contribution in [3.63, 3.8) is 0 Å². The van der Waals surface area contributed by atoms with E-state index in [0.717, 1.165) is 39.8 Å². The average Bonchev–Trinajstić information content (AvgIpc) is 2.89. The maximum absolute atomic E-state index is 10.9. The normalized spacial score (nSPS) is 10.7. The average molecular weight is 280 g/mol. The number of methoxy groups -OCH3 is 1. The van der Waals surface area contributed by atoms with Crippen molar-refractivity contribution in [2.24, 2.45) is 0 Å². The second kappa shape index (κ2) is 5.32. The fourth-order valence-electron chi connectivity index (χ4n) is 2.58. The number of nitrogens with one attached hydrogen (secondary N) is 1. The maximum Gasteiger partial charge on any atom is 0.124 e. The summed E-state index contributed by atoms with van der Waals surface area (Å²) in [6.07, 6.45) is 1.24. The maximum atomic E-state index is 10.9. The molecule has 4 nitrogen and oxygen atoms in total. The number of aromatic nitrogens is 1. The van der Waals surface area contributed by atoms with Crippen molar-refractivity contribution in [1.82, 2.24) is 4.98 Å². The second-order valence-corrected chi connectivity index (χ2v) is 4.89. The van der Waals surface area contributed by atoms with Gasteiger partial charge in [-0.3, -0.25) is 0 Å². The van der Waals surface area contributed by atoms with Crippen LogP contribution in [0.2, 0.25) is 0 Å². The Morgan fingerprint density at radius 2 is 2.10 bits per heavy atom. The van der Waals surface area contributed by atoms with Gasteiger partial charge < -0.3 is 20.2 Å². The zero-order valence-electron chi connectivity index (χ0n) is 11.7. The van der Waals surface area contributed by atoms with E-state index in [1.165, 1.54) is 0 Å². The molecule has 0 fully saturated rings. The van der Waals surface area contributed by atoms with E-state index in [0.29, 0.717) is 12.1 Å². The largest absolute Gasteiger partial charge is 0.497 e. The van der Waals surface area contributed by atoms with Crippen LogP contribution in [0.5, 0.6) is 5.75 Å². The Bertz CT molecular complexity index is 806. The van der Waals surface area contributed by atoms with Crippen LogP contribution in [-0.2, 0) is 11.2 Å². The molecule has 3 N–H and O–H groups in total. The summed E-state index contributed by atoms with van der Waals surface area (Å²) in [5.74, 6) is 0.808. The Kier molecular flexibility index (Phi) is 3.36. The molecule has 0 radical (unpaired) electrons. The number of nitrogens with two attached hydrogens (primary N) is 1. The number of nitrogen functional groups attached to an aromatic ring is 1. The van der Waals surface area contributed by atoms with Crippen molar-refractivity contribution in [3.8, 4) is 17.0 Å². The molecule has 0 aliphatic heterocycles. The molecule has 3 aromatic rings. The summed E-state index contributed by atoms with van der Waals surface area (Å²) in [5.41, 5.74) is 10.5. The summed E-state index contributed by atoms with van der Waals surface area (Å²) in [5, 5.41) is 1.05. The highest BCUT2D eigenvalue weighted by Gasteiger charge is 2.11. The number of hydrogen-bond donors (Lipinski definition) is 2. The highest BCUT2D eigenvalue weighted by atomic mass is 16.5. The van der Waals surface area contributed by atoms with Gasteiger partial charge in [0.1, 0.15) is 12.0 Å². The number of ether oxygens (including phenoxy) is 1. The van der Waals surface area contributed by atoms with Gasteiger partial charge in [-0.05, 0) is 35.9 Å². The zero-order chi connectivity index (χ0) is 14.8. The van der Waals surface area contributed by atoms with E-state index in [4.69, 9.17) is 10.5 Å². The molecular weight excluding hydrogens is 264 g/mol. The lowest BCUT2D eigenvalue weighted by atomic mass is 10.0. The third-order valence-corrected chi connectivity index (χ3v) is 3.58. The first-order valence-corrected chi connectivity index (χ1v) is 6.71. The van der Waals surface area contributed by atoms with Crippen LogP contribution in [0.15, 0.2) is 42.5 Å². The van der Waals surface area contributed by atoms with E-state index in [1.54, 1.807) is 7.11 Å². The zero-order valence-corrected chi connectivity index (χ0v) is 11.7. The monoisotopic (exact) mass is 280 g/mol. The second-order valence-electron chi connectivity index (χ2n) is 4.89. The van der Waals surface area contributed by atoms with Gasteiger partial charge in [0, 0.05) is 34.3 Å². The van der Waals surface area contributed by atoms with Crippen molar-refractivity contribution in [2.75, 3.05) is 12.8 Å². The Morgan fingerprint density at radius 1 is 1.24 bits per heavy atom. The minimum atomic E-state index is 0.346. The first-order chi connectivity index (χ1) is 10.2. The smallest absolute Gasteiger partial charge is 0.124 e. The molecule has 0 saturated carbocycles. The van der Waals surface area contributed by atoms with E-state index in [-0.39, 0.29) is 0 Å². The van der Waals surface area contributed by atoms with Crippen LogP contribution in [0.3, 0.4) is 0 Å². The fourth-order valence-corrected chi connectivity index (χ4v) is 2.58. The van der Waals surface area contributed by atoms with Gasteiger partial charge in [0.2, 0.25) is 0 Å². The van der Waals surface area contributed by atoms with Gasteiger partial charge in [-0.2, -0.15) is 0 Å². The molecule has 0 unspecified atom stereocenters. The molecule has 2 aromatic carbocycles. The van der Waals surface area contributed by atoms with E-state index in [9.17, 15) is 4.79 Å². The highest BCUT2D eigenvalue weighted by Crippen LogP contribution is 2.32. The van der Waals surface area contributed by atoms with Gasteiger partial charge >= 0.3 is 0 Å². The van der Waals surface area contributed by atoms with Crippen LogP contribution in [0, 0.1) is 0 Å². The van der Waals surface area contributed by atoms with Crippen LogP contribution >= 0.6 is 0 Å². The summed E-state index contributed by atoms with van der Waals surface area (Å²) in [4.78, 5) is 14.2. The standard InChI is InChI=1S/C17H16N2O2/c1-21-13-5-6-15-12(9-13)10-16(19-15)17-11(7-8-20)3-2-4-14(17)18/h2-6,8-10,19H,7,18H2,1H3. The molecule has 0 bridgehead atoms. The van der Waals surface area contributed by atoms with E-state index < -0.39 is 0 Å². The van der Waals surface area contributed by atoms with Crippen molar-refractivity contribution in [2.45, 2.75) is 6.42 Å². The number of fused-ring (bicyclic) bond motifs is 1. The number of carbonyl (C=O) groups excluding carboxylic acids is 1. The van der Waals surface area contributed by atoms with Crippen LogP contribution in [-0.4, -0.2) is 18.4 Å². The quantitative estimate of drug-likeness (QED) is 0.569. The molecule has 0 aliphatic rings. The van der Waals surface area contributed by atoms with Crippen LogP contribution < -0.4 is 10.5 Å². The highest BCUT2D eigenvalue weighted by molar-refractivity contribution is 5.90. The molecule has 0 amide bonds. The topological polar surface area (TPSA) is 68.1 Å². The van der Waals surface area contributed by atoms with Crippen LogP contribution in [0.25, 0.3) is 22.2 Å². The van der Waals surface area contributed by atoms with Gasteiger partial charge in [-0.1, -0.05) is 12.1 Å². The molecule has 3 rings (SSSR count). The number of carbonyl (C=O) groups is 1. The van der Waals surface area contributed by atoms with E-state index in [1.807, 2.05) is 42.5 Å². The molecule has 0 saturated heterocycles. The summed E-state index contributed by atoms with van der Waals surface area (Å²) >= 11 is 0. The number of benzene rings is 2. The van der Waals surface area contributed by atoms with Crippen molar-refractivity contribution in [3.05, 3.63) is 48.0 Å². The Hall–Kier alpha value is -2.75. The number of aromatic amines is 1. The van der Waals surface area contributed by atoms with Gasteiger partial charge in [-0.25, -0.2) is 0 Å². The van der Waals surface area contributed by atoms with E-state index >= 15 is 0 Å². The number of rotatable bonds is 4. The summed E-state index contributed by atoms with van der Waals surface area (Å²) in [6, 6.07) is 13.5. The lowest BCUT2D eigenvalue weighted by Crippen LogP contribution is -1.97. The minimum absolute atomic E-state index is 0.346. The Morgan fingerprint density at radius 3 is 2.86 bits per heavy atom. The SMILES string of the molecule is COc1ccc2[nH]c(-c3c(N)cccc3CC=O)cc2c1. The minimum Gasteiger partial charge on any atom is -0.497 e. The lowest BCUT2D eigenvalue weighted by molar-refractivity contribution is -0.107. The number of H-pyrrole nitrogens is 1. The van der Waals surface area contributed by atoms with Crippen molar-refractivity contribution in [1.29, 1.82) is 0 Å². The van der Waals surface area contributed by atoms with Gasteiger partial charge in [0.05, 0.1) is 7.11 Å². The van der Waals surface area contributed by atoms with E-state index in [2.05, 4.69) is 4.98 Å². The van der Waals surface area contributed by atoms with Gasteiger partial charge in [0.15, 0.2) is 0 Å². The molecule has 0 aliphatic carbocycles. The third kappa shape index (κ3) is 2.36. The first-order valence-electron chi connectivity index (χ1n) is 6.71. The Balaban J connectivity index is 2.18. The number of hydrogen-bond acceptors (Lipinski definition) is 3. The van der Waals surface area contributed by atoms with Crippen molar-refractivity contribution >= 4 is 22.9 Å². The summed E-state index contributed by atoms with van der Waals surface area (Å²) in [6.45, 7) is 0.